The standard InChI is InChI=1S/C21H14F6N2O4/c1-33-19(32)11-5-6-14-15(18(31)21(25,26)27)9-29(16(14)7-11)10-17(30)28-13-4-2-3-12(8-13)20(22,23)24/h2-9H,10H2,1H3,(H,28,30). The molecule has 3 rings (SSSR count). The molecule has 33 heavy (non-hydrogen) atoms. The number of esters is 1. The lowest BCUT2D eigenvalue weighted by atomic mass is 10.1. The van der Waals surface area contributed by atoms with Crippen LogP contribution in [0.15, 0.2) is 48.7 Å². The van der Waals surface area contributed by atoms with E-state index in [0.717, 1.165) is 48.2 Å². The zero-order chi connectivity index (χ0) is 24.6. The van der Waals surface area contributed by atoms with E-state index in [0.29, 0.717) is 6.07 Å². The number of rotatable bonds is 5. The molecule has 1 amide bonds. The average molecular weight is 472 g/mol. The van der Waals surface area contributed by atoms with Crippen LogP contribution in [0.4, 0.5) is 32.0 Å². The van der Waals surface area contributed by atoms with Gasteiger partial charge in [0.25, 0.3) is 5.78 Å². The fraction of sp³-hybridized carbons (Fsp3) is 0.190. The fourth-order valence-electron chi connectivity index (χ4n) is 3.13. The van der Waals surface area contributed by atoms with Crippen LogP contribution in [-0.2, 0) is 22.3 Å². The Morgan fingerprint density at radius 2 is 1.70 bits per heavy atom. The molecule has 1 N–H and O–H groups in total. The van der Waals surface area contributed by atoms with E-state index in [1.165, 1.54) is 6.07 Å². The maximum Gasteiger partial charge on any atom is 0.454 e. The number of hydrogen-bond donors (Lipinski definition) is 1. The largest absolute Gasteiger partial charge is 0.465 e. The minimum absolute atomic E-state index is 0.0476. The number of hydrogen-bond acceptors (Lipinski definition) is 4. The van der Waals surface area contributed by atoms with E-state index in [9.17, 15) is 40.7 Å². The van der Waals surface area contributed by atoms with E-state index in [4.69, 9.17) is 0 Å². The highest BCUT2D eigenvalue weighted by molar-refractivity contribution is 6.11. The number of methoxy groups -OCH3 is 1. The summed E-state index contributed by atoms with van der Waals surface area (Å²) in [5.74, 6) is -3.84. The number of anilines is 1. The predicted octanol–water partition coefficient (Wildman–Crippen LogP) is 4.83. The van der Waals surface area contributed by atoms with Gasteiger partial charge >= 0.3 is 18.3 Å². The third-order valence-corrected chi connectivity index (χ3v) is 4.59. The van der Waals surface area contributed by atoms with Crippen molar-refractivity contribution in [2.75, 3.05) is 12.4 Å². The summed E-state index contributed by atoms with van der Waals surface area (Å²) >= 11 is 0. The Morgan fingerprint density at radius 1 is 1.00 bits per heavy atom. The van der Waals surface area contributed by atoms with Crippen LogP contribution in [0.3, 0.4) is 0 Å². The van der Waals surface area contributed by atoms with Gasteiger partial charge in [0.05, 0.1) is 29.3 Å². The summed E-state index contributed by atoms with van der Waals surface area (Å²) in [6, 6.07) is 7.20. The lowest BCUT2D eigenvalue weighted by Gasteiger charge is -2.11. The van der Waals surface area contributed by atoms with Gasteiger partial charge in [-0.15, -0.1) is 0 Å². The average Bonchev–Trinajstić information content (AvgIpc) is 3.08. The molecule has 1 heterocycles. The molecule has 12 heteroatoms. The molecule has 2 aromatic carbocycles. The van der Waals surface area contributed by atoms with Gasteiger partial charge in [0.15, 0.2) is 0 Å². The molecular weight excluding hydrogens is 458 g/mol. The number of nitrogens with zero attached hydrogens (tertiary/aromatic N) is 1. The van der Waals surface area contributed by atoms with Crippen molar-refractivity contribution in [3.8, 4) is 0 Å². The summed E-state index contributed by atoms with van der Waals surface area (Å²) in [5, 5.41) is 2.06. The Bertz CT molecular complexity index is 1240. The van der Waals surface area contributed by atoms with E-state index < -0.39 is 47.7 Å². The van der Waals surface area contributed by atoms with Gasteiger partial charge in [-0.05, 0) is 30.3 Å². The normalized spacial score (nSPS) is 12.0. The highest BCUT2D eigenvalue weighted by Crippen LogP contribution is 2.31. The Labute approximate surface area is 181 Å². The molecule has 174 valence electrons. The van der Waals surface area contributed by atoms with Crippen molar-refractivity contribution < 1.29 is 45.5 Å². The molecule has 0 fully saturated rings. The molecule has 0 aliphatic rings. The van der Waals surface area contributed by atoms with Crippen LogP contribution in [0, 0.1) is 0 Å². The Balaban J connectivity index is 1.98. The number of Topliss-reactive ketones (excluding diaryl/α,β-unsaturated/α-hetero) is 1. The predicted molar refractivity (Wildman–Crippen MR) is 104 cm³/mol. The van der Waals surface area contributed by atoms with Gasteiger partial charge in [-0.25, -0.2) is 4.79 Å². The van der Waals surface area contributed by atoms with Gasteiger partial charge < -0.3 is 14.6 Å². The summed E-state index contributed by atoms with van der Waals surface area (Å²) in [4.78, 5) is 36.1. The molecular formula is C21H14F6N2O4. The van der Waals surface area contributed by atoms with Crippen LogP contribution in [0.1, 0.15) is 26.3 Å². The first-order valence-electron chi connectivity index (χ1n) is 9.11. The number of alkyl halides is 6. The van der Waals surface area contributed by atoms with Gasteiger partial charge in [0, 0.05) is 17.3 Å². The third kappa shape index (κ3) is 5.16. The number of amides is 1. The monoisotopic (exact) mass is 472 g/mol. The van der Waals surface area contributed by atoms with E-state index in [-0.39, 0.29) is 22.2 Å². The second-order valence-electron chi connectivity index (χ2n) is 6.85. The summed E-state index contributed by atoms with van der Waals surface area (Å²) in [6.45, 7) is -0.650. The molecule has 6 nitrogen and oxygen atoms in total. The van der Waals surface area contributed by atoms with Crippen molar-refractivity contribution in [1.82, 2.24) is 4.57 Å². The molecule has 0 saturated heterocycles. The smallest absolute Gasteiger partial charge is 0.454 e. The summed E-state index contributed by atoms with van der Waals surface area (Å²) < 4.78 is 83.2. The van der Waals surface area contributed by atoms with Crippen molar-refractivity contribution >= 4 is 34.3 Å². The molecule has 0 atom stereocenters. The van der Waals surface area contributed by atoms with Gasteiger partial charge in [0.1, 0.15) is 6.54 Å². The quantitative estimate of drug-likeness (QED) is 0.328. The maximum atomic E-state index is 13.0. The van der Waals surface area contributed by atoms with Gasteiger partial charge in [-0.3, -0.25) is 9.59 Å². The summed E-state index contributed by atoms with van der Waals surface area (Å²) in [7, 11) is 1.09. The van der Waals surface area contributed by atoms with Gasteiger partial charge in [0.2, 0.25) is 5.91 Å². The van der Waals surface area contributed by atoms with Crippen molar-refractivity contribution in [2.24, 2.45) is 0 Å². The van der Waals surface area contributed by atoms with Crippen LogP contribution in [0.2, 0.25) is 0 Å². The number of halogens is 6. The summed E-state index contributed by atoms with van der Waals surface area (Å²) in [6.07, 6.45) is -9.04. The Morgan fingerprint density at radius 3 is 2.30 bits per heavy atom. The number of aromatic nitrogens is 1. The molecule has 0 spiro atoms. The van der Waals surface area contributed by atoms with E-state index in [2.05, 4.69) is 10.1 Å². The van der Waals surface area contributed by atoms with Crippen LogP contribution in [0.5, 0.6) is 0 Å². The zero-order valence-corrected chi connectivity index (χ0v) is 16.7. The first-order chi connectivity index (χ1) is 15.3. The molecule has 0 saturated carbocycles. The zero-order valence-electron chi connectivity index (χ0n) is 16.7. The molecule has 3 aromatic rings. The van der Waals surface area contributed by atoms with Gasteiger partial charge in [-0.1, -0.05) is 12.1 Å². The van der Waals surface area contributed by atoms with Crippen molar-refractivity contribution in [3.63, 3.8) is 0 Å². The van der Waals surface area contributed by atoms with Crippen molar-refractivity contribution in [3.05, 3.63) is 65.4 Å². The van der Waals surface area contributed by atoms with Crippen LogP contribution >= 0.6 is 0 Å². The van der Waals surface area contributed by atoms with Gasteiger partial charge in [-0.2, -0.15) is 26.3 Å². The van der Waals surface area contributed by atoms with E-state index in [1.54, 1.807) is 0 Å². The van der Waals surface area contributed by atoms with E-state index >= 15 is 0 Å². The van der Waals surface area contributed by atoms with Crippen molar-refractivity contribution in [1.29, 1.82) is 0 Å². The molecule has 0 radical (unpaired) electrons. The molecule has 0 unspecified atom stereocenters. The lowest BCUT2D eigenvalue weighted by molar-refractivity contribution is -0.137. The lowest BCUT2D eigenvalue weighted by Crippen LogP contribution is -2.22. The van der Waals surface area contributed by atoms with Crippen LogP contribution in [0.25, 0.3) is 10.9 Å². The maximum absolute atomic E-state index is 13.0. The molecule has 0 aliphatic carbocycles. The number of nitrogens with one attached hydrogen (secondary N) is 1. The molecule has 0 bridgehead atoms. The number of benzene rings is 2. The van der Waals surface area contributed by atoms with Crippen LogP contribution < -0.4 is 5.32 Å². The first-order valence-corrected chi connectivity index (χ1v) is 9.11. The number of ketones is 1. The first kappa shape index (κ1) is 23.8. The number of ether oxygens (including phenoxy) is 1. The van der Waals surface area contributed by atoms with Crippen molar-refractivity contribution in [2.45, 2.75) is 18.9 Å². The Kier molecular flexibility index (Phi) is 6.21. The Hall–Kier alpha value is -3.83. The minimum Gasteiger partial charge on any atom is -0.465 e. The van der Waals surface area contributed by atoms with Crippen LogP contribution in [-0.4, -0.2) is 35.5 Å². The second-order valence-corrected chi connectivity index (χ2v) is 6.85. The number of carbonyl (C=O) groups excluding carboxylic acids is 3. The minimum atomic E-state index is -5.19. The second kappa shape index (κ2) is 8.60. The number of carbonyl (C=O) groups is 3. The SMILES string of the molecule is COC(=O)c1ccc2c(C(=O)C(F)(F)F)cn(CC(=O)Nc3cccc(C(F)(F)F)c3)c2c1. The fourth-order valence-corrected chi connectivity index (χ4v) is 3.13. The number of fused-ring (bicyclic) bond motifs is 1. The topological polar surface area (TPSA) is 77.4 Å². The molecule has 1 aromatic heterocycles. The van der Waals surface area contributed by atoms with E-state index in [1.807, 2.05) is 0 Å². The summed E-state index contributed by atoms with van der Waals surface area (Å²) in [5.41, 5.74) is -2.04. The highest BCUT2D eigenvalue weighted by atomic mass is 19.4. The highest BCUT2D eigenvalue weighted by Gasteiger charge is 2.41. The molecule has 0 aliphatic heterocycles. The third-order valence-electron chi connectivity index (χ3n) is 4.59.